The Labute approximate surface area is 137 Å². The smallest absolute Gasteiger partial charge is 0.258 e. The zero-order valence-corrected chi connectivity index (χ0v) is 13.7. The second-order valence-corrected chi connectivity index (χ2v) is 6.09. The first kappa shape index (κ1) is 15.5. The molecule has 0 bridgehead atoms. The van der Waals surface area contributed by atoms with E-state index in [1.807, 2.05) is 53.4 Å². The van der Waals surface area contributed by atoms with Gasteiger partial charge in [-0.05, 0) is 50.3 Å². The molecule has 2 aromatic rings. The Hall–Kier alpha value is -2.39. The van der Waals surface area contributed by atoms with Crippen molar-refractivity contribution in [2.75, 3.05) is 32.1 Å². The van der Waals surface area contributed by atoms with Crippen molar-refractivity contribution >= 4 is 23.7 Å². The Kier molecular flexibility index (Phi) is 4.58. The molecular formula is C20H22N2O. The minimum Gasteiger partial charge on any atom is -0.309 e. The van der Waals surface area contributed by atoms with Gasteiger partial charge in [-0.1, -0.05) is 48.6 Å². The number of amides is 1. The van der Waals surface area contributed by atoms with Crippen LogP contribution in [0.15, 0.2) is 48.5 Å². The number of para-hydroxylation sites is 1. The van der Waals surface area contributed by atoms with Crippen molar-refractivity contribution in [1.82, 2.24) is 4.90 Å². The highest BCUT2D eigenvalue weighted by Gasteiger charge is 2.22. The molecule has 3 nitrogen and oxygen atoms in total. The minimum absolute atomic E-state index is 0.0798. The molecule has 0 aromatic heterocycles. The number of benzene rings is 2. The highest BCUT2D eigenvalue weighted by atomic mass is 16.2. The number of carbonyl (C=O) groups is 1. The number of hydrogen-bond donors (Lipinski definition) is 0. The lowest BCUT2D eigenvalue weighted by atomic mass is 10.0. The maximum absolute atomic E-state index is 13.1. The summed E-state index contributed by atoms with van der Waals surface area (Å²) in [4.78, 5) is 17.2. The molecular weight excluding hydrogens is 284 g/mol. The molecule has 23 heavy (non-hydrogen) atoms. The SMILES string of the molecule is CN(C)CCCN1C(=O)c2ccccc2/C=C\c2ccccc21. The lowest BCUT2D eigenvalue weighted by molar-refractivity contribution is 0.0985. The molecule has 1 aliphatic rings. The number of nitrogens with zero attached hydrogens (tertiary/aromatic N) is 2. The molecule has 1 amide bonds. The van der Waals surface area contributed by atoms with Crippen molar-refractivity contribution in [2.45, 2.75) is 6.42 Å². The molecule has 0 saturated heterocycles. The van der Waals surface area contributed by atoms with Crippen molar-refractivity contribution in [1.29, 1.82) is 0 Å². The number of rotatable bonds is 4. The molecule has 1 heterocycles. The van der Waals surface area contributed by atoms with Crippen LogP contribution in [0, 0.1) is 0 Å². The van der Waals surface area contributed by atoms with E-state index < -0.39 is 0 Å². The quantitative estimate of drug-likeness (QED) is 0.858. The maximum Gasteiger partial charge on any atom is 0.258 e. The van der Waals surface area contributed by atoms with E-state index in [9.17, 15) is 4.79 Å². The number of carbonyl (C=O) groups excluding carboxylic acids is 1. The molecule has 0 atom stereocenters. The third-order valence-electron chi connectivity index (χ3n) is 4.09. The predicted molar refractivity (Wildman–Crippen MR) is 96.7 cm³/mol. The fraction of sp³-hybridized carbons (Fsp3) is 0.250. The summed E-state index contributed by atoms with van der Waals surface area (Å²) in [6.45, 7) is 1.68. The Morgan fingerprint density at radius 1 is 0.913 bits per heavy atom. The van der Waals surface area contributed by atoms with E-state index in [1.54, 1.807) is 0 Å². The average molecular weight is 306 g/mol. The van der Waals surface area contributed by atoms with Crippen molar-refractivity contribution in [3.05, 3.63) is 65.2 Å². The normalized spacial score (nSPS) is 14.9. The van der Waals surface area contributed by atoms with Gasteiger partial charge in [-0.3, -0.25) is 4.79 Å². The van der Waals surface area contributed by atoms with Crippen LogP contribution in [-0.2, 0) is 0 Å². The summed E-state index contributed by atoms with van der Waals surface area (Å²) in [5.41, 5.74) is 3.81. The summed E-state index contributed by atoms with van der Waals surface area (Å²) in [7, 11) is 4.11. The van der Waals surface area contributed by atoms with Crippen LogP contribution in [0.1, 0.15) is 27.9 Å². The van der Waals surface area contributed by atoms with Gasteiger partial charge in [-0.15, -0.1) is 0 Å². The summed E-state index contributed by atoms with van der Waals surface area (Å²) < 4.78 is 0. The molecule has 0 spiro atoms. The first-order valence-corrected chi connectivity index (χ1v) is 7.99. The molecule has 118 valence electrons. The van der Waals surface area contributed by atoms with Crippen LogP contribution in [0.4, 0.5) is 5.69 Å². The predicted octanol–water partition coefficient (Wildman–Crippen LogP) is 3.77. The van der Waals surface area contributed by atoms with Gasteiger partial charge in [0, 0.05) is 12.1 Å². The van der Waals surface area contributed by atoms with E-state index in [4.69, 9.17) is 0 Å². The Morgan fingerprint density at radius 2 is 1.57 bits per heavy atom. The Bertz CT molecular complexity index is 734. The lowest BCUT2D eigenvalue weighted by Gasteiger charge is -2.27. The molecule has 1 aliphatic heterocycles. The first-order chi connectivity index (χ1) is 11.2. The van der Waals surface area contributed by atoms with E-state index in [0.29, 0.717) is 0 Å². The standard InChI is InChI=1S/C20H22N2O/c1-21(2)14-7-15-22-19-11-6-4-9-17(19)13-12-16-8-3-5-10-18(16)20(22)23/h3-6,8-13H,7,14-15H2,1-2H3/b13-12-. The molecule has 2 aromatic carbocycles. The molecule has 0 radical (unpaired) electrons. The molecule has 3 rings (SSSR count). The third kappa shape index (κ3) is 3.35. The van der Waals surface area contributed by atoms with Crippen LogP contribution in [0.2, 0.25) is 0 Å². The van der Waals surface area contributed by atoms with Crippen molar-refractivity contribution in [2.24, 2.45) is 0 Å². The first-order valence-electron chi connectivity index (χ1n) is 7.99. The van der Waals surface area contributed by atoms with Gasteiger partial charge in [0.2, 0.25) is 0 Å². The van der Waals surface area contributed by atoms with Gasteiger partial charge in [0.15, 0.2) is 0 Å². The zero-order chi connectivity index (χ0) is 16.2. The topological polar surface area (TPSA) is 23.6 Å². The molecule has 0 N–H and O–H groups in total. The zero-order valence-electron chi connectivity index (χ0n) is 13.7. The second-order valence-electron chi connectivity index (χ2n) is 6.09. The van der Waals surface area contributed by atoms with E-state index in [0.717, 1.165) is 41.9 Å². The lowest BCUT2D eigenvalue weighted by Crippen LogP contribution is -2.34. The van der Waals surface area contributed by atoms with E-state index in [2.05, 4.69) is 31.1 Å². The van der Waals surface area contributed by atoms with Crippen LogP contribution in [0.5, 0.6) is 0 Å². The fourth-order valence-corrected chi connectivity index (χ4v) is 2.91. The van der Waals surface area contributed by atoms with Gasteiger partial charge >= 0.3 is 0 Å². The van der Waals surface area contributed by atoms with Gasteiger partial charge < -0.3 is 9.80 Å². The van der Waals surface area contributed by atoms with E-state index >= 15 is 0 Å². The Morgan fingerprint density at radius 3 is 2.35 bits per heavy atom. The summed E-state index contributed by atoms with van der Waals surface area (Å²) >= 11 is 0. The van der Waals surface area contributed by atoms with Gasteiger partial charge in [-0.2, -0.15) is 0 Å². The van der Waals surface area contributed by atoms with Gasteiger partial charge in [0.25, 0.3) is 5.91 Å². The van der Waals surface area contributed by atoms with Crippen LogP contribution in [0.3, 0.4) is 0 Å². The van der Waals surface area contributed by atoms with Crippen LogP contribution >= 0.6 is 0 Å². The van der Waals surface area contributed by atoms with Crippen molar-refractivity contribution < 1.29 is 4.79 Å². The maximum atomic E-state index is 13.1. The molecule has 0 saturated carbocycles. The van der Waals surface area contributed by atoms with Gasteiger partial charge in [0.1, 0.15) is 0 Å². The van der Waals surface area contributed by atoms with Crippen LogP contribution in [-0.4, -0.2) is 38.0 Å². The largest absolute Gasteiger partial charge is 0.309 e. The summed E-state index contributed by atoms with van der Waals surface area (Å²) in [5, 5.41) is 0. The summed E-state index contributed by atoms with van der Waals surface area (Å²) in [5.74, 6) is 0.0798. The molecule has 0 unspecified atom stereocenters. The van der Waals surface area contributed by atoms with Gasteiger partial charge in [0.05, 0.1) is 5.69 Å². The van der Waals surface area contributed by atoms with Crippen molar-refractivity contribution in [3.63, 3.8) is 0 Å². The monoisotopic (exact) mass is 306 g/mol. The highest BCUT2D eigenvalue weighted by molar-refractivity contribution is 6.10. The number of fused-ring (bicyclic) bond motifs is 2. The number of hydrogen-bond acceptors (Lipinski definition) is 2. The minimum atomic E-state index is 0.0798. The fourth-order valence-electron chi connectivity index (χ4n) is 2.91. The highest BCUT2D eigenvalue weighted by Crippen LogP contribution is 2.28. The van der Waals surface area contributed by atoms with Crippen LogP contribution in [0.25, 0.3) is 12.2 Å². The van der Waals surface area contributed by atoms with Crippen molar-refractivity contribution in [3.8, 4) is 0 Å². The summed E-state index contributed by atoms with van der Waals surface area (Å²) in [6, 6.07) is 15.9. The third-order valence-corrected chi connectivity index (χ3v) is 4.09. The molecule has 0 fully saturated rings. The average Bonchev–Trinajstić information content (AvgIpc) is 2.56. The molecule has 3 heteroatoms. The Balaban J connectivity index is 2.02. The summed E-state index contributed by atoms with van der Waals surface area (Å²) in [6.07, 6.45) is 5.07. The second kappa shape index (κ2) is 6.80. The van der Waals surface area contributed by atoms with E-state index in [-0.39, 0.29) is 5.91 Å². The van der Waals surface area contributed by atoms with Crippen LogP contribution < -0.4 is 4.90 Å². The number of anilines is 1. The molecule has 0 aliphatic carbocycles. The van der Waals surface area contributed by atoms with E-state index in [1.165, 1.54) is 0 Å². The van der Waals surface area contributed by atoms with Gasteiger partial charge in [-0.25, -0.2) is 0 Å².